The van der Waals surface area contributed by atoms with Gasteiger partial charge in [0.1, 0.15) is 11.6 Å². The molecule has 1 saturated heterocycles. The Kier molecular flexibility index (Phi) is 6.65. The number of amides is 1. The van der Waals surface area contributed by atoms with Crippen LogP contribution in [0.15, 0.2) is 0 Å². The summed E-state index contributed by atoms with van der Waals surface area (Å²) >= 11 is 0. The number of nitrogens with zero attached hydrogens (tertiary/aromatic N) is 1. The van der Waals surface area contributed by atoms with Crippen LogP contribution < -0.4 is 5.32 Å². The zero-order chi connectivity index (χ0) is 16.0. The molecule has 1 aliphatic rings. The Hall–Kier alpha value is -1.10. The van der Waals surface area contributed by atoms with Crippen molar-refractivity contribution in [1.29, 1.82) is 0 Å². The molecular formula is C16H30N2O3. The van der Waals surface area contributed by atoms with Crippen molar-refractivity contribution in [1.82, 2.24) is 10.2 Å². The van der Waals surface area contributed by atoms with Crippen LogP contribution in [-0.2, 0) is 14.3 Å². The van der Waals surface area contributed by atoms with Crippen molar-refractivity contribution in [3.8, 4) is 0 Å². The van der Waals surface area contributed by atoms with Crippen LogP contribution in [0.5, 0.6) is 0 Å². The lowest BCUT2D eigenvalue weighted by Crippen LogP contribution is -2.46. The normalized spacial score (nSPS) is 21.1. The first kappa shape index (κ1) is 18.0. The minimum absolute atomic E-state index is 0.00795. The lowest BCUT2D eigenvalue weighted by molar-refractivity contribution is -0.160. The van der Waals surface area contributed by atoms with E-state index in [0.29, 0.717) is 0 Å². The SMILES string of the molecule is CCCC(C)NC(=O)CN1CCC[C@H]1C(=O)OC(C)(C)C. The average Bonchev–Trinajstić information content (AvgIpc) is 2.74. The molecule has 21 heavy (non-hydrogen) atoms. The van der Waals surface area contributed by atoms with Crippen LogP contribution in [0.25, 0.3) is 0 Å². The van der Waals surface area contributed by atoms with Gasteiger partial charge in [-0.05, 0) is 53.5 Å². The summed E-state index contributed by atoms with van der Waals surface area (Å²) in [7, 11) is 0. The van der Waals surface area contributed by atoms with Crippen LogP contribution in [0.4, 0.5) is 0 Å². The Bertz CT molecular complexity index is 363. The maximum atomic E-state index is 12.2. The van der Waals surface area contributed by atoms with E-state index in [4.69, 9.17) is 4.74 Å². The number of rotatable bonds is 6. The van der Waals surface area contributed by atoms with E-state index >= 15 is 0 Å². The number of carbonyl (C=O) groups excluding carboxylic acids is 2. The molecule has 0 saturated carbocycles. The van der Waals surface area contributed by atoms with Gasteiger partial charge in [-0.15, -0.1) is 0 Å². The minimum atomic E-state index is -0.483. The average molecular weight is 298 g/mol. The van der Waals surface area contributed by atoms with E-state index in [-0.39, 0.29) is 30.5 Å². The highest BCUT2D eigenvalue weighted by Gasteiger charge is 2.35. The molecule has 0 aliphatic carbocycles. The zero-order valence-corrected chi connectivity index (χ0v) is 14.1. The zero-order valence-electron chi connectivity index (χ0n) is 14.1. The molecule has 0 bridgehead atoms. The molecule has 0 radical (unpaired) electrons. The van der Waals surface area contributed by atoms with Gasteiger partial charge in [0, 0.05) is 6.04 Å². The van der Waals surface area contributed by atoms with Crippen LogP contribution in [0.3, 0.4) is 0 Å². The third-order valence-electron chi connectivity index (χ3n) is 3.52. The molecule has 0 aromatic carbocycles. The summed E-state index contributed by atoms with van der Waals surface area (Å²) in [4.78, 5) is 26.1. The second-order valence-corrected chi connectivity index (χ2v) is 6.92. The van der Waals surface area contributed by atoms with Crippen LogP contribution in [0, 0.1) is 0 Å². The summed E-state index contributed by atoms with van der Waals surface area (Å²) in [5.41, 5.74) is -0.483. The van der Waals surface area contributed by atoms with Crippen LogP contribution in [0.2, 0.25) is 0 Å². The summed E-state index contributed by atoms with van der Waals surface area (Å²) in [5.74, 6) is -0.221. The highest BCUT2D eigenvalue weighted by Crippen LogP contribution is 2.20. The van der Waals surface area contributed by atoms with Gasteiger partial charge in [0.2, 0.25) is 5.91 Å². The summed E-state index contributed by atoms with van der Waals surface area (Å²) in [6, 6.07) is -0.0958. The highest BCUT2D eigenvalue weighted by molar-refractivity contribution is 5.81. The molecule has 1 rings (SSSR count). The highest BCUT2D eigenvalue weighted by atomic mass is 16.6. The van der Waals surface area contributed by atoms with E-state index in [1.165, 1.54) is 0 Å². The van der Waals surface area contributed by atoms with Gasteiger partial charge in [-0.1, -0.05) is 13.3 Å². The summed E-state index contributed by atoms with van der Waals surface area (Å²) in [6.07, 6.45) is 3.72. The summed E-state index contributed by atoms with van der Waals surface area (Å²) in [5, 5.41) is 2.98. The van der Waals surface area contributed by atoms with E-state index < -0.39 is 5.60 Å². The monoisotopic (exact) mass is 298 g/mol. The predicted molar refractivity (Wildman–Crippen MR) is 83.0 cm³/mol. The Morgan fingerprint density at radius 3 is 2.62 bits per heavy atom. The Morgan fingerprint density at radius 1 is 1.38 bits per heavy atom. The second-order valence-electron chi connectivity index (χ2n) is 6.92. The molecule has 0 aromatic rings. The first-order valence-corrected chi connectivity index (χ1v) is 7.99. The Labute approximate surface area is 128 Å². The number of ether oxygens (including phenoxy) is 1. The molecule has 5 heteroatoms. The molecule has 1 fully saturated rings. The van der Waals surface area contributed by atoms with Crippen molar-refractivity contribution < 1.29 is 14.3 Å². The van der Waals surface area contributed by atoms with E-state index in [9.17, 15) is 9.59 Å². The van der Waals surface area contributed by atoms with Crippen molar-refractivity contribution in [3.63, 3.8) is 0 Å². The number of esters is 1. The van der Waals surface area contributed by atoms with Crippen LogP contribution in [-0.4, -0.2) is 47.6 Å². The van der Waals surface area contributed by atoms with E-state index in [1.54, 1.807) is 0 Å². The largest absolute Gasteiger partial charge is 0.459 e. The number of nitrogens with one attached hydrogen (secondary N) is 1. The molecule has 1 amide bonds. The van der Waals surface area contributed by atoms with Gasteiger partial charge in [-0.25, -0.2) is 0 Å². The maximum absolute atomic E-state index is 12.2. The molecule has 1 aliphatic heterocycles. The lowest BCUT2D eigenvalue weighted by atomic mass is 10.1. The minimum Gasteiger partial charge on any atom is -0.459 e. The Balaban J connectivity index is 2.50. The molecule has 122 valence electrons. The molecule has 2 atom stereocenters. The summed E-state index contributed by atoms with van der Waals surface area (Å²) in [6.45, 7) is 10.8. The standard InChI is InChI=1S/C16H30N2O3/c1-6-8-12(2)17-14(19)11-18-10-7-9-13(18)15(20)21-16(3,4)5/h12-13H,6-11H2,1-5H3,(H,17,19)/t12?,13-/m0/s1. The number of carbonyl (C=O) groups is 2. The van der Waals surface area contributed by atoms with Gasteiger partial charge in [-0.2, -0.15) is 0 Å². The summed E-state index contributed by atoms with van der Waals surface area (Å²) < 4.78 is 5.44. The molecule has 1 unspecified atom stereocenters. The first-order valence-electron chi connectivity index (χ1n) is 7.99. The first-order chi connectivity index (χ1) is 9.73. The number of hydrogen-bond donors (Lipinski definition) is 1. The van der Waals surface area contributed by atoms with Gasteiger partial charge in [0.25, 0.3) is 0 Å². The van der Waals surface area contributed by atoms with Crippen molar-refractivity contribution >= 4 is 11.9 Å². The molecule has 0 aromatic heterocycles. The smallest absolute Gasteiger partial charge is 0.323 e. The topological polar surface area (TPSA) is 58.6 Å². The van der Waals surface area contributed by atoms with E-state index in [2.05, 4.69) is 12.2 Å². The predicted octanol–water partition coefficient (Wildman–Crippen LogP) is 2.10. The number of likely N-dealkylation sites (tertiary alicyclic amines) is 1. The Morgan fingerprint density at radius 2 is 2.05 bits per heavy atom. The lowest BCUT2D eigenvalue weighted by Gasteiger charge is -2.27. The van der Waals surface area contributed by atoms with Crippen molar-refractivity contribution in [2.75, 3.05) is 13.1 Å². The maximum Gasteiger partial charge on any atom is 0.323 e. The molecular weight excluding hydrogens is 268 g/mol. The third kappa shape index (κ3) is 6.46. The molecule has 5 nitrogen and oxygen atoms in total. The fraction of sp³-hybridized carbons (Fsp3) is 0.875. The fourth-order valence-electron chi connectivity index (χ4n) is 2.66. The van der Waals surface area contributed by atoms with E-state index in [0.717, 1.165) is 32.2 Å². The van der Waals surface area contributed by atoms with Gasteiger partial charge in [-0.3, -0.25) is 14.5 Å². The van der Waals surface area contributed by atoms with Crippen LogP contribution >= 0.6 is 0 Å². The van der Waals surface area contributed by atoms with Crippen molar-refractivity contribution in [2.45, 2.75) is 78.0 Å². The number of hydrogen-bond acceptors (Lipinski definition) is 4. The molecule has 1 heterocycles. The van der Waals surface area contributed by atoms with Crippen LogP contribution in [0.1, 0.15) is 60.3 Å². The van der Waals surface area contributed by atoms with Crippen molar-refractivity contribution in [2.24, 2.45) is 0 Å². The van der Waals surface area contributed by atoms with Gasteiger partial charge < -0.3 is 10.1 Å². The van der Waals surface area contributed by atoms with Crippen molar-refractivity contribution in [3.05, 3.63) is 0 Å². The van der Waals surface area contributed by atoms with Gasteiger partial charge in [0.15, 0.2) is 0 Å². The quantitative estimate of drug-likeness (QED) is 0.763. The third-order valence-corrected chi connectivity index (χ3v) is 3.52. The fourth-order valence-corrected chi connectivity index (χ4v) is 2.66. The second kappa shape index (κ2) is 7.78. The molecule has 1 N–H and O–H groups in total. The van der Waals surface area contributed by atoms with E-state index in [1.807, 2.05) is 32.6 Å². The molecule has 0 spiro atoms. The van der Waals surface area contributed by atoms with Gasteiger partial charge >= 0.3 is 5.97 Å². The van der Waals surface area contributed by atoms with Gasteiger partial charge in [0.05, 0.1) is 6.54 Å².